The summed E-state index contributed by atoms with van der Waals surface area (Å²) in [5, 5.41) is 12.3. The first-order chi connectivity index (χ1) is 9.90. The van der Waals surface area contributed by atoms with Gasteiger partial charge in [0.15, 0.2) is 0 Å². The van der Waals surface area contributed by atoms with E-state index in [2.05, 4.69) is 21.2 Å². The first kappa shape index (κ1) is 15.3. The van der Waals surface area contributed by atoms with Crippen molar-refractivity contribution in [3.05, 3.63) is 57.0 Å². The maximum absolute atomic E-state index is 11.5. The number of carbonyl (C=O) groups excluding carboxylic acids is 1. The fraction of sp³-hybridized carbons (Fsp3) is 0. The summed E-state index contributed by atoms with van der Waals surface area (Å²) in [5.74, 6) is -1.73. The second-order valence-corrected chi connectivity index (χ2v) is 5.41. The Kier molecular flexibility index (Phi) is 4.50. The van der Waals surface area contributed by atoms with Gasteiger partial charge in [-0.2, -0.15) is 0 Å². The van der Waals surface area contributed by atoms with Gasteiger partial charge < -0.3 is 16.2 Å². The molecule has 1 amide bonds. The van der Waals surface area contributed by atoms with Gasteiger partial charge in [0.05, 0.1) is 21.8 Å². The van der Waals surface area contributed by atoms with Crippen molar-refractivity contribution < 1.29 is 14.7 Å². The van der Waals surface area contributed by atoms with Gasteiger partial charge in [-0.05, 0) is 46.3 Å². The predicted octanol–water partition coefficient (Wildman–Crippen LogP) is 3.64. The zero-order valence-corrected chi connectivity index (χ0v) is 12.9. The summed E-state index contributed by atoms with van der Waals surface area (Å²) in [7, 11) is 0. The maximum Gasteiger partial charge on any atom is 0.336 e. The summed E-state index contributed by atoms with van der Waals surface area (Å²) in [6, 6.07) is 9.56. The number of benzene rings is 2. The van der Waals surface area contributed by atoms with Crippen molar-refractivity contribution in [2.24, 2.45) is 5.73 Å². The molecule has 0 aliphatic carbocycles. The first-order valence-corrected chi connectivity index (χ1v) is 6.95. The van der Waals surface area contributed by atoms with E-state index in [1.165, 1.54) is 6.07 Å². The average Bonchev–Trinajstić information content (AvgIpc) is 2.40. The third-order valence-corrected chi connectivity index (χ3v) is 3.74. The average molecular weight is 370 g/mol. The molecular weight excluding hydrogens is 360 g/mol. The van der Waals surface area contributed by atoms with Gasteiger partial charge in [0, 0.05) is 10.2 Å². The molecule has 0 bridgehead atoms. The van der Waals surface area contributed by atoms with Crippen LogP contribution in [0, 0.1) is 0 Å². The zero-order chi connectivity index (χ0) is 15.6. The molecule has 2 rings (SSSR count). The Morgan fingerprint density at radius 2 is 1.95 bits per heavy atom. The van der Waals surface area contributed by atoms with Gasteiger partial charge in [0.2, 0.25) is 0 Å². The molecule has 0 radical (unpaired) electrons. The molecule has 0 aromatic heterocycles. The Hall–Kier alpha value is -2.05. The maximum atomic E-state index is 11.5. The highest BCUT2D eigenvalue weighted by atomic mass is 79.9. The molecule has 0 saturated carbocycles. The minimum Gasteiger partial charge on any atom is -0.478 e. The molecule has 0 aliphatic rings. The number of rotatable bonds is 4. The Morgan fingerprint density at radius 1 is 1.24 bits per heavy atom. The highest BCUT2D eigenvalue weighted by Crippen LogP contribution is 2.28. The highest BCUT2D eigenvalue weighted by molar-refractivity contribution is 9.10. The van der Waals surface area contributed by atoms with Gasteiger partial charge in [-0.25, -0.2) is 4.79 Å². The normalized spacial score (nSPS) is 10.2. The van der Waals surface area contributed by atoms with Crippen molar-refractivity contribution in [2.75, 3.05) is 5.32 Å². The number of hydrogen-bond donors (Lipinski definition) is 3. The highest BCUT2D eigenvalue weighted by Gasteiger charge is 2.14. The molecule has 0 aliphatic heterocycles. The molecule has 0 atom stereocenters. The third-order valence-electron chi connectivity index (χ3n) is 2.74. The standard InChI is InChI=1S/C14H10BrClN2O3/c15-9-5-4-7(6-8(9)14(20)21)18-11-3-1-2-10(16)12(11)13(17)19/h1-6,18H,(H2,17,19)(H,20,21). The lowest BCUT2D eigenvalue weighted by atomic mass is 10.1. The Labute approximate surface area is 133 Å². The van der Waals surface area contributed by atoms with Gasteiger partial charge >= 0.3 is 5.97 Å². The predicted molar refractivity (Wildman–Crippen MR) is 84.4 cm³/mol. The lowest BCUT2D eigenvalue weighted by molar-refractivity contribution is 0.0695. The first-order valence-electron chi connectivity index (χ1n) is 5.78. The van der Waals surface area contributed by atoms with Crippen LogP contribution in [0.25, 0.3) is 0 Å². The molecule has 21 heavy (non-hydrogen) atoms. The van der Waals surface area contributed by atoms with Crippen molar-refractivity contribution in [2.45, 2.75) is 0 Å². The zero-order valence-electron chi connectivity index (χ0n) is 10.6. The van der Waals surface area contributed by atoms with Crippen LogP contribution >= 0.6 is 27.5 Å². The third kappa shape index (κ3) is 3.34. The van der Waals surface area contributed by atoms with Crippen molar-refractivity contribution in [1.29, 1.82) is 0 Å². The van der Waals surface area contributed by atoms with Crippen molar-refractivity contribution in [3.63, 3.8) is 0 Å². The lowest BCUT2D eigenvalue weighted by Crippen LogP contribution is -2.14. The largest absolute Gasteiger partial charge is 0.478 e. The molecule has 2 aromatic carbocycles. The number of carbonyl (C=O) groups is 2. The number of amides is 1. The fourth-order valence-electron chi connectivity index (χ4n) is 1.80. The van der Waals surface area contributed by atoms with Crippen LogP contribution < -0.4 is 11.1 Å². The molecule has 0 fully saturated rings. The number of carboxylic acid groups (broad SMARTS) is 1. The van der Waals surface area contributed by atoms with Gasteiger partial charge in [0.25, 0.3) is 5.91 Å². The van der Waals surface area contributed by atoms with Crippen LogP contribution in [0.3, 0.4) is 0 Å². The number of anilines is 2. The second kappa shape index (κ2) is 6.15. The Bertz CT molecular complexity index is 734. The topological polar surface area (TPSA) is 92.4 Å². The van der Waals surface area contributed by atoms with E-state index in [9.17, 15) is 9.59 Å². The molecular formula is C14H10BrClN2O3. The number of aromatic carboxylic acids is 1. The summed E-state index contributed by atoms with van der Waals surface area (Å²) in [5.41, 5.74) is 6.47. The summed E-state index contributed by atoms with van der Waals surface area (Å²) in [6.07, 6.45) is 0. The number of halogens is 2. The Balaban J connectivity index is 2.44. The lowest BCUT2D eigenvalue weighted by Gasteiger charge is -2.12. The van der Waals surface area contributed by atoms with Crippen LogP contribution in [0.1, 0.15) is 20.7 Å². The van der Waals surface area contributed by atoms with Crippen LogP contribution in [-0.4, -0.2) is 17.0 Å². The number of nitrogens with two attached hydrogens (primary N) is 1. The monoisotopic (exact) mass is 368 g/mol. The van der Waals surface area contributed by atoms with Crippen molar-refractivity contribution in [3.8, 4) is 0 Å². The number of hydrogen-bond acceptors (Lipinski definition) is 3. The van der Waals surface area contributed by atoms with E-state index < -0.39 is 11.9 Å². The molecule has 0 spiro atoms. The van der Waals surface area contributed by atoms with E-state index in [4.69, 9.17) is 22.4 Å². The van der Waals surface area contributed by atoms with Crippen LogP contribution in [0.5, 0.6) is 0 Å². The summed E-state index contributed by atoms with van der Waals surface area (Å²) in [4.78, 5) is 22.6. The summed E-state index contributed by atoms with van der Waals surface area (Å²) in [6.45, 7) is 0. The van der Waals surface area contributed by atoms with E-state index in [1.807, 2.05) is 0 Å². The van der Waals surface area contributed by atoms with E-state index in [0.29, 0.717) is 15.8 Å². The van der Waals surface area contributed by atoms with Crippen molar-refractivity contribution >= 4 is 50.8 Å². The number of primary amides is 1. The van der Waals surface area contributed by atoms with Gasteiger partial charge in [-0.3, -0.25) is 4.79 Å². The summed E-state index contributed by atoms with van der Waals surface area (Å²) < 4.78 is 0.460. The van der Waals surface area contributed by atoms with Gasteiger partial charge in [-0.15, -0.1) is 0 Å². The van der Waals surface area contributed by atoms with E-state index in [1.54, 1.807) is 30.3 Å². The molecule has 108 valence electrons. The molecule has 7 heteroatoms. The van der Waals surface area contributed by atoms with E-state index in [-0.39, 0.29) is 16.1 Å². The summed E-state index contributed by atoms with van der Waals surface area (Å²) >= 11 is 9.12. The molecule has 2 aromatic rings. The van der Waals surface area contributed by atoms with Crippen LogP contribution in [0.4, 0.5) is 11.4 Å². The van der Waals surface area contributed by atoms with Gasteiger partial charge in [-0.1, -0.05) is 17.7 Å². The van der Waals surface area contributed by atoms with E-state index in [0.717, 1.165) is 0 Å². The minimum absolute atomic E-state index is 0.0997. The molecule has 0 saturated heterocycles. The van der Waals surface area contributed by atoms with Gasteiger partial charge in [0.1, 0.15) is 0 Å². The van der Waals surface area contributed by atoms with Crippen LogP contribution in [-0.2, 0) is 0 Å². The van der Waals surface area contributed by atoms with E-state index >= 15 is 0 Å². The quantitative estimate of drug-likeness (QED) is 0.767. The van der Waals surface area contributed by atoms with Crippen LogP contribution in [0.2, 0.25) is 5.02 Å². The minimum atomic E-state index is -1.06. The Morgan fingerprint density at radius 3 is 2.57 bits per heavy atom. The van der Waals surface area contributed by atoms with Crippen molar-refractivity contribution in [1.82, 2.24) is 0 Å². The molecule has 4 N–H and O–H groups in total. The van der Waals surface area contributed by atoms with Crippen LogP contribution in [0.15, 0.2) is 40.9 Å². The molecule has 0 heterocycles. The fourth-order valence-corrected chi connectivity index (χ4v) is 2.49. The number of nitrogens with one attached hydrogen (secondary N) is 1. The second-order valence-electron chi connectivity index (χ2n) is 4.15. The molecule has 0 unspecified atom stereocenters. The SMILES string of the molecule is NC(=O)c1c(Cl)cccc1Nc1ccc(Br)c(C(=O)O)c1. The molecule has 5 nitrogen and oxygen atoms in total. The smallest absolute Gasteiger partial charge is 0.336 e. The number of carboxylic acids is 1.